The van der Waals surface area contributed by atoms with Crippen molar-refractivity contribution < 1.29 is 4.79 Å². The molecule has 118 valence electrons. The van der Waals surface area contributed by atoms with Gasteiger partial charge in [0.25, 0.3) is 5.91 Å². The first-order valence-electron chi connectivity index (χ1n) is 7.13. The molecule has 2 aromatic rings. The number of benzene rings is 2. The van der Waals surface area contributed by atoms with Crippen molar-refractivity contribution in [3.05, 3.63) is 69.2 Å². The van der Waals surface area contributed by atoms with E-state index in [1.165, 1.54) is 5.56 Å². The van der Waals surface area contributed by atoms with Crippen molar-refractivity contribution >= 4 is 50.4 Å². The van der Waals surface area contributed by atoms with Crippen molar-refractivity contribution in [3.8, 4) is 0 Å². The van der Waals surface area contributed by atoms with Gasteiger partial charge in [-0.1, -0.05) is 69.6 Å². The number of carbonyl (C=O) groups is 1. The van der Waals surface area contributed by atoms with Crippen LogP contribution in [0.3, 0.4) is 0 Å². The molecule has 0 aliphatic carbocycles. The predicted molar refractivity (Wildman–Crippen MR) is 100 cm³/mol. The summed E-state index contributed by atoms with van der Waals surface area (Å²) in [5.41, 5.74) is 1.70. The van der Waals surface area contributed by atoms with Crippen molar-refractivity contribution in [3.63, 3.8) is 0 Å². The molecule has 0 aromatic heterocycles. The summed E-state index contributed by atoms with van der Waals surface area (Å²) in [5, 5.41) is 1.22. The fourth-order valence-corrected chi connectivity index (χ4v) is 3.83. The van der Waals surface area contributed by atoms with Crippen LogP contribution in [0.2, 0.25) is 5.02 Å². The molecule has 1 amide bonds. The smallest absolute Gasteiger partial charge is 0.261 e. The lowest BCUT2D eigenvalue weighted by Gasteiger charge is -2.18. The average molecular weight is 410 g/mol. The molecule has 0 atom stereocenters. The predicted octanol–water partition coefficient (Wildman–Crippen LogP) is 4.85. The summed E-state index contributed by atoms with van der Waals surface area (Å²) in [4.78, 5) is 18.9. The molecule has 0 saturated heterocycles. The van der Waals surface area contributed by atoms with Gasteiger partial charge in [-0.25, -0.2) is 0 Å². The number of carbonyl (C=O) groups excluding carboxylic acids is 1. The van der Waals surface area contributed by atoms with E-state index in [0.29, 0.717) is 23.7 Å². The Labute approximate surface area is 152 Å². The molecule has 0 saturated carbocycles. The number of halogens is 2. The zero-order valence-electron chi connectivity index (χ0n) is 12.2. The van der Waals surface area contributed by atoms with E-state index in [1.54, 1.807) is 28.8 Å². The summed E-state index contributed by atoms with van der Waals surface area (Å²) in [7, 11) is 0. The van der Waals surface area contributed by atoms with E-state index < -0.39 is 0 Å². The van der Waals surface area contributed by atoms with Crippen LogP contribution >= 0.6 is 39.3 Å². The van der Waals surface area contributed by atoms with Crippen LogP contribution in [0.25, 0.3) is 0 Å². The average Bonchev–Trinajstić information content (AvgIpc) is 3.04. The summed E-state index contributed by atoms with van der Waals surface area (Å²) < 4.78 is 0.833. The van der Waals surface area contributed by atoms with Crippen molar-refractivity contribution in [2.75, 3.05) is 13.1 Å². The summed E-state index contributed by atoms with van der Waals surface area (Å²) >= 11 is 11.1. The number of hydrogen-bond acceptors (Lipinski definition) is 3. The Balaban J connectivity index is 1.73. The highest BCUT2D eigenvalue weighted by molar-refractivity contribution is 9.10. The van der Waals surface area contributed by atoms with E-state index in [0.717, 1.165) is 15.4 Å². The van der Waals surface area contributed by atoms with Crippen LogP contribution in [0.5, 0.6) is 0 Å². The van der Waals surface area contributed by atoms with Crippen LogP contribution in [0.4, 0.5) is 0 Å². The first kappa shape index (κ1) is 16.6. The van der Waals surface area contributed by atoms with Crippen molar-refractivity contribution in [1.82, 2.24) is 4.90 Å². The summed E-state index contributed by atoms with van der Waals surface area (Å²) in [6, 6.07) is 15.5. The van der Waals surface area contributed by atoms with Gasteiger partial charge in [0.1, 0.15) is 0 Å². The maximum absolute atomic E-state index is 12.8. The minimum Gasteiger partial charge on any atom is -0.286 e. The molecular formula is C17H14BrClN2OS. The zero-order chi connectivity index (χ0) is 16.2. The quantitative estimate of drug-likeness (QED) is 0.726. The summed E-state index contributed by atoms with van der Waals surface area (Å²) in [6.07, 6.45) is 0. The van der Waals surface area contributed by atoms with Gasteiger partial charge in [0.2, 0.25) is 0 Å². The van der Waals surface area contributed by atoms with Gasteiger partial charge in [-0.3, -0.25) is 14.7 Å². The Morgan fingerprint density at radius 2 is 2.04 bits per heavy atom. The van der Waals surface area contributed by atoms with Crippen molar-refractivity contribution in [2.45, 2.75) is 5.75 Å². The van der Waals surface area contributed by atoms with Gasteiger partial charge in [0.05, 0.1) is 17.1 Å². The lowest BCUT2D eigenvalue weighted by atomic mass is 10.2. The molecule has 1 aliphatic rings. The molecule has 0 spiro atoms. The molecule has 0 N–H and O–H groups in total. The molecule has 0 radical (unpaired) electrons. The Hall–Kier alpha value is -1.30. The van der Waals surface area contributed by atoms with Gasteiger partial charge in [-0.2, -0.15) is 0 Å². The minimum absolute atomic E-state index is 0.104. The zero-order valence-corrected chi connectivity index (χ0v) is 15.4. The molecule has 0 bridgehead atoms. The summed E-state index contributed by atoms with van der Waals surface area (Å²) in [5.74, 6) is 0.684. The highest BCUT2D eigenvalue weighted by Gasteiger charge is 2.26. The van der Waals surface area contributed by atoms with Crippen LogP contribution in [-0.4, -0.2) is 29.1 Å². The third kappa shape index (κ3) is 3.97. The van der Waals surface area contributed by atoms with Crippen LogP contribution < -0.4 is 0 Å². The Bertz CT molecular complexity index is 752. The van der Waals surface area contributed by atoms with E-state index in [4.69, 9.17) is 11.6 Å². The maximum atomic E-state index is 12.8. The van der Waals surface area contributed by atoms with Crippen LogP contribution in [0, 0.1) is 0 Å². The second kappa shape index (κ2) is 7.51. The van der Waals surface area contributed by atoms with Gasteiger partial charge < -0.3 is 0 Å². The molecule has 0 unspecified atom stereocenters. The van der Waals surface area contributed by atoms with Gasteiger partial charge in [0, 0.05) is 16.8 Å². The Morgan fingerprint density at radius 3 is 2.83 bits per heavy atom. The third-order valence-corrected chi connectivity index (χ3v) is 5.32. The number of hydrogen-bond donors (Lipinski definition) is 0. The fourth-order valence-electron chi connectivity index (χ4n) is 2.27. The van der Waals surface area contributed by atoms with Gasteiger partial charge in [0.15, 0.2) is 5.17 Å². The largest absolute Gasteiger partial charge is 0.286 e. The van der Waals surface area contributed by atoms with Crippen LogP contribution in [-0.2, 0) is 5.75 Å². The molecule has 23 heavy (non-hydrogen) atoms. The van der Waals surface area contributed by atoms with Crippen LogP contribution in [0.1, 0.15) is 15.9 Å². The Kier molecular flexibility index (Phi) is 5.41. The molecule has 0 fully saturated rings. The SMILES string of the molecule is O=C(c1cc(Br)ccc1Cl)N1CCN=C1SCc1ccccc1. The lowest BCUT2D eigenvalue weighted by molar-refractivity contribution is 0.0861. The first-order chi connectivity index (χ1) is 11.1. The van der Waals surface area contributed by atoms with E-state index in [-0.39, 0.29) is 5.91 Å². The molecule has 6 heteroatoms. The number of aliphatic imine (C=N–C) groups is 1. The third-order valence-electron chi connectivity index (χ3n) is 3.42. The van der Waals surface area contributed by atoms with Crippen molar-refractivity contribution in [2.24, 2.45) is 4.99 Å². The standard InChI is InChI=1S/C17H14BrClN2OS/c18-13-6-7-15(19)14(10-13)16(22)21-9-8-20-17(21)23-11-12-4-2-1-3-5-12/h1-7,10H,8-9,11H2. The van der Waals surface area contributed by atoms with Gasteiger partial charge in [-0.05, 0) is 23.8 Å². The second-order valence-electron chi connectivity index (χ2n) is 5.02. The van der Waals surface area contributed by atoms with E-state index in [9.17, 15) is 4.79 Å². The number of rotatable bonds is 3. The van der Waals surface area contributed by atoms with E-state index in [1.807, 2.05) is 24.3 Å². The second-order valence-corrected chi connectivity index (χ2v) is 7.28. The summed E-state index contributed by atoms with van der Waals surface area (Å²) in [6.45, 7) is 1.23. The number of amides is 1. The molecule has 1 aliphatic heterocycles. The van der Waals surface area contributed by atoms with Gasteiger partial charge >= 0.3 is 0 Å². The number of thioether (sulfide) groups is 1. The first-order valence-corrected chi connectivity index (χ1v) is 9.29. The molecule has 2 aromatic carbocycles. The molecule has 1 heterocycles. The molecule has 3 rings (SSSR count). The lowest BCUT2D eigenvalue weighted by Crippen LogP contribution is -2.33. The highest BCUT2D eigenvalue weighted by Crippen LogP contribution is 2.26. The topological polar surface area (TPSA) is 32.7 Å². The molecular weight excluding hydrogens is 396 g/mol. The monoisotopic (exact) mass is 408 g/mol. The minimum atomic E-state index is -0.104. The number of amidine groups is 1. The molecule has 3 nitrogen and oxygen atoms in total. The van der Waals surface area contributed by atoms with Crippen molar-refractivity contribution in [1.29, 1.82) is 0 Å². The van der Waals surface area contributed by atoms with Gasteiger partial charge in [-0.15, -0.1) is 0 Å². The normalized spacial score (nSPS) is 14.0. The Morgan fingerprint density at radius 1 is 1.26 bits per heavy atom. The fraction of sp³-hybridized carbons (Fsp3) is 0.176. The van der Waals surface area contributed by atoms with E-state index >= 15 is 0 Å². The van der Waals surface area contributed by atoms with Crippen LogP contribution in [0.15, 0.2) is 58.0 Å². The number of nitrogens with zero attached hydrogens (tertiary/aromatic N) is 2. The van der Waals surface area contributed by atoms with E-state index in [2.05, 4.69) is 33.1 Å². The highest BCUT2D eigenvalue weighted by atomic mass is 79.9. The maximum Gasteiger partial charge on any atom is 0.261 e.